The molecule has 0 aromatic carbocycles. The molecule has 0 fully saturated rings. The van der Waals surface area contributed by atoms with Crippen LogP contribution in [0.2, 0.25) is 0 Å². The Balaban J connectivity index is 2.65. The van der Waals surface area contributed by atoms with E-state index in [4.69, 9.17) is 9.84 Å². The molecule has 1 aliphatic rings. The van der Waals surface area contributed by atoms with Crippen molar-refractivity contribution in [2.24, 2.45) is 5.10 Å². The Morgan fingerprint density at radius 3 is 2.71 bits per heavy atom. The molecule has 0 bridgehead atoms. The number of amides is 1. The van der Waals surface area contributed by atoms with E-state index >= 15 is 0 Å². The van der Waals surface area contributed by atoms with Crippen LogP contribution < -0.4 is 0 Å². The van der Waals surface area contributed by atoms with E-state index in [9.17, 15) is 9.59 Å². The standard InChI is InChI=1S/C11H18N2O4/c1-11(2,17-3)6-7-13-9(14)5-4-8(12-13)10(15)16/h4-7H2,1-3H3,(H,15,16). The van der Waals surface area contributed by atoms with Crippen LogP contribution >= 0.6 is 0 Å². The maximum Gasteiger partial charge on any atom is 0.352 e. The van der Waals surface area contributed by atoms with Crippen molar-refractivity contribution in [2.75, 3.05) is 13.7 Å². The van der Waals surface area contributed by atoms with Gasteiger partial charge in [0.1, 0.15) is 5.71 Å². The van der Waals surface area contributed by atoms with Crippen molar-refractivity contribution < 1.29 is 19.4 Å². The predicted octanol–water partition coefficient (Wildman–Crippen LogP) is 0.864. The van der Waals surface area contributed by atoms with E-state index in [1.54, 1.807) is 7.11 Å². The molecule has 17 heavy (non-hydrogen) atoms. The van der Waals surface area contributed by atoms with E-state index in [-0.39, 0.29) is 30.1 Å². The molecule has 0 atom stereocenters. The van der Waals surface area contributed by atoms with Gasteiger partial charge >= 0.3 is 5.97 Å². The quantitative estimate of drug-likeness (QED) is 0.775. The highest BCUT2D eigenvalue weighted by atomic mass is 16.5. The fourth-order valence-corrected chi connectivity index (χ4v) is 1.41. The third-order valence-electron chi connectivity index (χ3n) is 2.83. The van der Waals surface area contributed by atoms with Gasteiger partial charge in [-0.05, 0) is 20.3 Å². The summed E-state index contributed by atoms with van der Waals surface area (Å²) in [5.74, 6) is -1.20. The lowest BCUT2D eigenvalue weighted by Gasteiger charge is -2.27. The van der Waals surface area contributed by atoms with Crippen molar-refractivity contribution in [3.05, 3.63) is 0 Å². The number of ether oxygens (including phenoxy) is 1. The Bertz CT molecular complexity index is 349. The third-order valence-corrected chi connectivity index (χ3v) is 2.83. The second kappa shape index (κ2) is 5.27. The Morgan fingerprint density at radius 1 is 1.53 bits per heavy atom. The zero-order valence-corrected chi connectivity index (χ0v) is 10.4. The summed E-state index contributed by atoms with van der Waals surface area (Å²) in [6.07, 6.45) is 1.02. The van der Waals surface area contributed by atoms with Crippen molar-refractivity contribution in [1.82, 2.24) is 5.01 Å². The highest BCUT2D eigenvalue weighted by Crippen LogP contribution is 2.16. The van der Waals surface area contributed by atoms with E-state index in [2.05, 4.69) is 5.10 Å². The first-order chi connectivity index (χ1) is 7.85. The van der Waals surface area contributed by atoms with Gasteiger partial charge in [-0.15, -0.1) is 0 Å². The molecule has 0 spiro atoms. The molecule has 6 heteroatoms. The van der Waals surface area contributed by atoms with Gasteiger partial charge in [0, 0.05) is 26.5 Å². The molecule has 0 radical (unpaired) electrons. The highest BCUT2D eigenvalue weighted by Gasteiger charge is 2.26. The van der Waals surface area contributed by atoms with Crippen molar-refractivity contribution >= 4 is 17.6 Å². The Kier molecular flexibility index (Phi) is 4.22. The number of rotatable bonds is 5. The number of carbonyl (C=O) groups excluding carboxylic acids is 1. The van der Waals surface area contributed by atoms with Gasteiger partial charge in [0.05, 0.1) is 5.60 Å². The van der Waals surface area contributed by atoms with Crippen LogP contribution in [-0.2, 0) is 14.3 Å². The number of carboxylic acid groups (broad SMARTS) is 1. The number of hydrogen-bond acceptors (Lipinski definition) is 4. The van der Waals surface area contributed by atoms with Crippen molar-refractivity contribution in [3.8, 4) is 0 Å². The predicted molar refractivity (Wildman–Crippen MR) is 61.7 cm³/mol. The first-order valence-electron chi connectivity index (χ1n) is 5.52. The summed E-state index contributed by atoms with van der Waals surface area (Å²) in [6.45, 7) is 4.18. The molecule has 0 aliphatic carbocycles. The second-order valence-electron chi connectivity index (χ2n) is 4.58. The summed E-state index contributed by atoms with van der Waals surface area (Å²) in [7, 11) is 1.60. The van der Waals surface area contributed by atoms with E-state index < -0.39 is 5.97 Å². The first kappa shape index (κ1) is 13.6. The maximum atomic E-state index is 11.6. The summed E-state index contributed by atoms with van der Waals surface area (Å²) in [5, 5.41) is 13.9. The average molecular weight is 242 g/mol. The number of carboxylic acids is 1. The van der Waals surface area contributed by atoms with Crippen LogP contribution in [0.4, 0.5) is 0 Å². The van der Waals surface area contributed by atoms with Crippen molar-refractivity contribution in [2.45, 2.75) is 38.7 Å². The van der Waals surface area contributed by atoms with Gasteiger partial charge < -0.3 is 9.84 Å². The molecule has 1 amide bonds. The average Bonchev–Trinajstić information content (AvgIpc) is 2.27. The monoisotopic (exact) mass is 242 g/mol. The smallest absolute Gasteiger partial charge is 0.352 e. The van der Waals surface area contributed by atoms with Crippen LogP contribution in [0.15, 0.2) is 5.10 Å². The van der Waals surface area contributed by atoms with Crippen LogP contribution in [0.25, 0.3) is 0 Å². The molecule has 1 rings (SSSR count). The lowest BCUT2D eigenvalue weighted by Crippen LogP contribution is -2.37. The molecule has 6 nitrogen and oxygen atoms in total. The second-order valence-corrected chi connectivity index (χ2v) is 4.58. The Labute approximate surface area is 100 Å². The molecule has 0 aromatic heterocycles. The molecule has 1 heterocycles. The lowest BCUT2D eigenvalue weighted by atomic mass is 10.0. The largest absolute Gasteiger partial charge is 0.477 e. The summed E-state index contributed by atoms with van der Waals surface area (Å²) in [5.41, 5.74) is -0.309. The summed E-state index contributed by atoms with van der Waals surface area (Å²) in [6, 6.07) is 0. The van der Waals surface area contributed by atoms with Gasteiger partial charge in [0.25, 0.3) is 0 Å². The zero-order valence-electron chi connectivity index (χ0n) is 10.4. The molecular formula is C11H18N2O4. The van der Waals surface area contributed by atoms with Gasteiger partial charge in [-0.3, -0.25) is 4.79 Å². The summed E-state index contributed by atoms with van der Waals surface area (Å²) in [4.78, 5) is 22.3. The third kappa shape index (κ3) is 3.81. The fraction of sp³-hybridized carbons (Fsp3) is 0.727. The molecule has 0 saturated heterocycles. The molecule has 0 saturated carbocycles. The number of aliphatic carboxylic acids is 1. The van der Waals surface area contributed by atoms with Crippen LogP contribution in [0, 0.1) is 0 Å². The van der Waals surface area contributed by atoms with E-state index in [1.807, 2.05) is 13.8 Å². The van der Waals surface area contributed by atoms with E-state index in [1.165, 1.54) is 5.01 Å². The van der Waals surface area contributed by atoms with Crippen molar-refractivity contribution in [1.29, 1.82) is 0 Å². The molecule has 1 aliphatic heterocycles. The van der Waals surface area contributed by atoms with E-state index in [0.717, 1.165) is 0 Å². The summed E-state index contributed by atoms with van der Waals surface area (Å²) < 4.78 is 5.24. The van der Waals surface area contributed by atoms with Crippen LogP contribution in [0.1, 0.15) is 33.1 Å². The first-order valence-corrected chi connectivity index (χ1v) is 5.52. The molecule has 1 N–H and O–H groups in total. The van der Waals surface area contributed by atoms with E-state index in [0.29, 0.717) is 13.0 Å². The number of nitrogens with zero attached hydrogens (tertiary/aromatic N) is 2. The number of hydrazone groups is 1. The minimum Gasteiger partial charge on any atom is -0.477 e. The molecule has 0 aromatic rings. The number of hydrogen-bond donors (Lipinski definition) is 1. The normalized spacial score (nSPS) is 17.0. The number of carbonyl (C=O) groups is 2. The number of methoxy groups -OCH3 is 1. The minimum absolute atomic E-state index is 0.0415. The topological polar surface area (TPSA) is 79.2 Å². The summed E-state index contributed by atoms with van der Waals surface area (Å²) >= 11 is 0. The highest BCUT2D eigenvalue weighted by molar-refractivity contribution is 6.36. The lowest BCUT2D eigenvalue weighted by molar-refractivity contribution is -0.133. The Morgan fingerprint density at radius 2 is 2.18 bits per heavy atom. The van der Waals surface area contributed by atoms with Gasteiger partial charge in [-0.2, -0.15) is 5.10 Å². The molecule has 0 unspecified atom stereocenters. The van der Waals surface area contributed by atoms with Crippen LogP contribution in [0.5, 0.6) is 0 Å². The molecule has 96 valence electrons. The minimum atomic E-state index is -1.06. The van der Waals surface area contributed by atoms with Gasteiger partial charge in [0.2, 0.25) is 5.91 Å². The van der Waals surface area contributed by atoms with Crippen LogP contribution in [0.3, 0.4) is 0 Å². The van der Waals surface area contributed by atoms with Gasteiger partial charge in [-0.1, -0.05) is 0 Å². The zero-order chi connectivity index (χ0) is 13.1. The maximum absolute atomic E-state index is 11.6. The van der Waals surface area contributed by atoms with Gasteiger partial charge in [-0.25, -0.2) is 9.80 Å². The molecular weight excluding hydrogens is 224 g/mol. The Hall–Kier alpha value is -1.43. The van der Waals surface area contributed by atoms with Crippen molar-refractivity contribution in [3.63, 3.8) is 0 Å². The SMILES string of the molecule is COC(C)(C)CCN1N=C(C(=O)O)CCC1=O. The fourth-order valence-electron chi connectivity index (χ4n) is 1.41. The van der Waals surface area contributed by atoms with Gasteiger partial charge in [0.15, 0.2) is 0 Å². The van der Waals surface area contributed by atoms with Crippen LogP contribution in [-0.4, -0.2) is 47.0 Å².